The van der Waals surface area contributed by atoms with E-state index in [1.165, 1.54) is 0 Å². The number of hydroxylamine groups is 1. The molecule has 0 unspecified atom stereocenters. The first-order valence-electron chi connectivity index (χ1n) is 5.76. The topological polar surface area (TPSA) is 58.6 Å². The molecular weight excluding hydrogens is 208 g/mol. The molecule has 0 heterocycles. The van der Waals surface area contributed by atoms with Crippen LogP contribution in [0.5, 0.6) is 0 Å². The Hall–Kier alpha value is -0.650. The lowest BCUT2D eigenvalue weighted by atomic mass is 10.2. The predicted octanol–water partition coefficient (Wildman–Crippen LogP) is 0.857. The number of carboxylic acids is 1. The summed E-state index contributed by atoms with van der Waals surface area (Å²) in [5, 5.41) is 8.77. The molecule has 0 saturated carbocycles. The molecule has 0 saturated heterocycles. The Morgan fingerprint density at radius 2 is 2.06 bits per heavy atom. The molecule has 0 spiro atoms. The van der Waals surface area contributed by atoms with Gasteiger partial charge in [-0.15, -0.1) is 0 Å². The fourth-order valence-electron chi connectivity index (χ4n) is 1.37. The van der Waals surface area contributed by atoms with Crippen LogP contribution in [0.3, 0.4) is 0 Å². The van der Waals surface area contributed by atoms with Crippen LogP contribution in [0.4, 0.5) is 0 Å². The normalized spacial score (nSPS) is 13.8. The molecule has 0 aliphatic heterocycles. The van der Waals surface area contributed by atoms with Gasteiger partial charge in [-0.05, 0) is 6.42 Å². The number of aliphatic carboxylic acids is 1. The molecule has 0 aliphatic rings. The number of nitrogens with zero attached hydrogens (tertiary/aromatic N) is 1. The van der Waals surface area contributed by atoms with Crippen LogP contribution in [0, 0.1) is 0 Å². The Morgan fingerprint density at radius 1 is 1.44 bits per heavy atom. The van der Waals surface area contributed by atoms with Gasteiger partial charge in [-0.3, -0.25) is 9.63 Å². The minimum Gasteiger partial charge on any atom is -0.481 e. The molecule has 0 aromatic rings. The molecule has 0 fully saturated rings. The Balaban J connectivity index is 3.96. The monoisotopic (exact) mass is 233 g/mol. The van der Waals surface area contributed by atoms with Gasteiger partial charge in [0.15, 0.2) is 0 Å². The van der Waals surface area contributed by atoms with E-state index in [2.05, 4.69) is 12.4 Å². The van der Waals surface area contributed by atoms with E-state index in [-0.39, 0.29) is 12.5 Å². The average Bonchev–Trinajstić information content (AvgIpc) is 2.08. The quantitative estimate of drug-likeness (QED) is 0.352. The maximum absolute atomic E-state index is 10.7. The van der Waals surface area contributed by atoms with Crippen molar-refractivity contribution < 1.29 is 19.2 Å². The zero-order chi connectivity index (χ0) is 12.6. The second kappa shape index (κ2) is 7.60. The molecule has 0 aromatic carbocycles. The summed E-state index contributed by atoms with van der Waals surface area (Å²) in [6, 6.07) is 0. The van der Waals surface area contributed by atoms with Crippen molar-refractivity contribution in [2.24, 2.45) is 0 Å². The highest BCUT2D eigenvalue weighted by Crippen LogP contribution is 2.03. The van der Waals surface area contributed by atoms with Gasteiger partial charge in [0, 0.05) is 6.54 Å². The van der Waals surface area contributed by atoms with Crippen molar-refractivity contribution in [2.45, 2.75) is 32.3 Å². The first kappa shape index (κ1) is 15.3. The van der Waals surface area contributed by atoms with Crippen LogP contribution in [-0.4, -0.2) is 55.9 Å². The minimum atomic E-state index is -0.823. The molecule has 1 atom stereocenters. The molecule has 0 rings (SSSR count). The summed E-state index contributed by atoms with van der Waals surface area (Å²) in [5.41, 5.74) is 2.84. The molecule has 0 aromatic heterocycles. The molecule has 0 bridgehead atoms. The van der Waals surface area contributed by atoms with Crippen LogP contribution in [-0.2, 0) is 9.63 Å². The summed E-state index contributed by atoms with van der Waals surface area (Å²) >= 11 is 0. The van der Waals surface area contributed by atoms with Crippen LogP contribution < -0.4 is 5.48 Å². The highest BCUT2D eigenvalue weighted by molar-refractivity contribution is 5.67. The third-order valence-electron chi connectivity index (χ3n) is 2.04. The lowest BCUT2D eigenvalue weighted by Gasteiger charge is -2.28. The first-order chi connectivity index (χ1) is 7.35. The largest absolute Gasteiger partial charge is 0.481 e. The average molecular weight is 233 g/mol. The van der Waals surface area contributed by atoms with Gasteiger partial charge < -0.3 is 9.59 Å². The number of carboxylic acid groups (broad SMARTS) is 1. The number of rotatable bonds is 9. The summed E-state index contributed by atoms with van der Waals surface area (Å²) in [6.45, 7) is 3.54. The van der Waals surface area contributed by atoms with Crippen molar-refractivity contribution in [1.29, 1.82) is 0 Å². The number of unbranched alkanes of at least 4 members (excludes halogenated alkanes) is 1. The van der Waals surface area contributed by atoms with Gasteiger partial charge in [0.2, 0.25) is 0 Å². The molecular formula is C11H25N2O3+. The lowest BCUT2D eigenvalue weighted by molar-refractivity contribution is -0.873. The van der Waals surface area contributed by atoms with Gasteiger partial charge in [0.1, 0.15) is 12.6 Å². The van der Waals surface area contributed by atoms with Crippen LogP contribution in [0.25, 0.3) is 0 Å². The highest BCUT2D eigenvalue weighted by Gasteiger charge is 2.21. The summed E-state index contributed by atoms with van der Waals surface area (Å²) in [7, 11) is 6.05. The molecule has 16 heavy (non-hydrogen) atoms. The highest BCUT2D eigenvalue weighted by atomic mass is 16.7. The van der Waals surface area contributed by atoms with Gasteiger partial charge in [0.05, 0.1) is 27.6 Å². The molecule has 2 N–H and O–H groups in total. The van der Waals surface area contributed by atoms with Crippen molar-refractivity contribution in [2.75, 3.05) is 34.2 Å². The van der Waals surface area contributed by atoms with Crippen molar-refractivity contribution >= 4 is 5.97 Å². The Morgan fingerprint density at radius 3 is 2.50 bits per heavy atom. The van der Waals surface area contributed by atoms with Crippen LogP contribution in [0.2, 0.25) is 0 Å². The van der Waals surface area contributed by atoms with E-state index in [0.717, 1.165) is 19.4 Å². The summed E-state index contributed by atoms with van der Waals surface area (Å²) < 4.78 is 0.688. The van der Waals surface area contributed by atoms with E-state index in [4.69, 9.17) is 9.94 Å². The molecule has 96 valence electrons. The number of hydrogen-bond acceptors (Lipinski definition) is 3. The number of quaternary nitrogens is 1. The fourth-order valence-corrected chi connectivity index (χ4v) is 1.37. The van der Waals surface area contributed by atoms with Crippen LogP contribution in [0.1, 0.15) is 26.2 Å². The number of likely N-dealkylation sites (N-methyl/N-ethyl adjacent to an activating group) is 1. The zero-order valence-corrected chi connectivity index (χ0v) is 10.8. The van der Waals surface area contributed by atoms with E-state index in [1.807, 2.05) is 21.1 Å². The second-order valence-electron chi connectivity index (χ2n) is 5.06. The predicted molar refractivity (Wildman–Crippen MR) is 62.9 cm³/mol. The van der Waals surface area contributed by atoms with Crippen molar-refractivity contribution in [3.63, 3.8) is 0 Å². The molecule has 5 heteroatoms. The van der Waals surface area contributed by atoms with Gasteiger partial charge in [-0.1, -0.05) is 13.3 Å². The second-order valence-corrected chi connectivity index (χ2v) is 5.06. The smallest absolute Gasteiger partial charge is 0.306 e. The van der Waals surface area contributed by atoms with E-state index in [0.29, 0.717) is 11.0 Å². The van der Waals surface area contributed by atoms with Gasteiger partial charge in [-0.25, -0.2) is 5.48 Å². The van der Waals surface area contributed by atoms with E-state index >= 15 is 0 Å². The first-order valence-corrected chi connectivity index (χ1v) is 5.76. The van der Waals surface area contributed by atoms with E-state index < -0.39 is 5.97 Å². The molecule has 0 amide bonds. The molecule has 0 aliphatic carbocycles. The van der Waals surface area contributed by atoms with Gasteiger partial charge >= 0.3 is 5.97 Å². The maximum Gasteiger partial charge on any atom is 0.306 e. The Labute approximate surface area is 97.9 Å². The van der Waals surface area contributed by atoms with Crippen molar-refractivity contribution in [3.05, 3.63) is 0 Å². The standard InChI is InChI=1S/C11H24N2O3/c1-5-6-7-12-16-10(8-11(14)15)9-13(2,3)4/h10,12H,5-9H2,1-4H3/p+1/t10-/m1/s1. The SMILES string of the molecule is CCCCNO[C@H](CC(=O)O)C[N+](C)(C)C. The number of hydrogen-bond donors (Lipinski definition) is 2. The lowest BCUT2D eigenvalue weighted by Crippen LogP contribution is -2.44. The Bertz CT molecular complexity index is 202. The fraction of sp³-hybridized carbons (Fsp3) is 0.909. The third-order valence-corrected chi connectivity index (χ3v) is 2.04. The zero-order valence-electron chi connectivity index (χ0n) is 10.8. The number of nitrogens with one attached hydrogen (secondary N) is 1. The summed E-state index contributed by atoms with van der Waals surface area (Å²) in [5.74, 6) is -0.823. The Kier molecular flexibility index (Phi) is 7.29. The van der Waals surface area contributed by atoms with Crippen LogP contribution >= 0.6 is 0 Å². The number of carbonyl (C=O) groups is 1. The summed E-state index contributed by atoms with van der Waals surface area (Å²) in [4.78, 5) is 16.1. The van der Waals surface area contributed by atoms with Crippen molar-refractivity contribution in [1.82, 2.24) is 5.48 Å². The molecule has 5 nitrogen and oxygen atoms in total. The van der Waals surface area contributed by atoms with Crippen molar-refractivity contribution in [3.8, 4) is 0 Å². The van der Waals surface area contributed by atoms with Gasteiger partial charge in [0.25, 0.3) is 0 Å². The minimum absolute atomic E-state index is 0.0364. The summed E-state index contributed by atoms with van der Waals surface area (Å²) in [6.07, 6.45) is 1.88. The van der Waals surface area contributed by atoms with E-state index in [9.17, 15) is 4.79 Å². The third kappa shape index (κ3) is 9.89. The maximum atomic E-state index is 10.7. The van der Waals surface area contributed by atoms with Gasteiger partial charge in [-0.2, -0.15) is 0 Å². The van der Waals surface area contributed by atoms with E-state index in [1.54, 1.807) is 0 Å². The van der Waals surface area contributed by atoms with Crippen LogP contribution in [0.15, 0.2) is 0 Å². The molecule has 0 radical (unpaired) electrons.